The molecule has 0 saturated carbocycles. The van der Waals surface area contributed by atoms with Crippen LogP contribution in [0.3, 0.4) is 0 Å². The Hall–Kier alpha value is -0.840. The fraction of sp³-hybridized carbons (Fsp3) is 0.600. The minimum Gasteiger partial charge on any atom is -0.309 e. The summed E-state index contributed by atoms with van der Waals surface area (Å²) in [4.78, 5) is 13.6. The van der Waals surface area contributed by atoms with Crippen LogP contribution in [-0.2, 0) is 11.8 Å². The number of hydrogen-bond donors (Lipinski definition) is 0. The summed E-state index contributed by atoms with van der Waals surface area (Å²) < 4.78 is 1.80. The van der Waals surface area contributed by atoms with Crippen LogP contribution in [0.1, 0.15) is 12.1 Å². The molecule has 15 heavy (non-hydrogen) atoms. The molecule has 0 bridgehead atoms. The van der Waals surface area contributed by atoms with E-state index in [9.17, 15) is 4.79 Å². The van der Waals surface area contributed by atoms with Crippen LogP contribution in [0.15, 0.2) is 6.20 Å². The van der Waals surface area contributed by atoms with Crippen molar-refractivity contribution in [1.29, 1.82) is 0 Å². The molecule has 82 valence electrons. The molecule has 2 heterocycles. The van der Waals surface area contributed by atoms with Gasteiger partial charge in [-0.3, -0.25) is 9.48 Å². The van der Waals surface area contributed by atoms with Gasteiger partial charge in [0.25, 0.3) is 0 Å². The highest BCUT2D eigenvalue weighted by Gasteiger charge is 2.31. The second kappa shape index (κ2) is 3.96. The van der Waals surface area contributed by atoms with Crippen LogP contribution in [-0.4, -0.2) is 27.6 Å². The highest BCUT2D eigenvalue weighted by molar-refractivity contribution is 9.09. The molecule has 1 aliphatic rings. The van der Waals surface area contributed by atoms with Gasteiger partial charge in [0, 0.05) is 25.3 Å². The monoisotopic (exact) mass is 271 g/mol. The Labute approximate surface area is 97.4 Å². The van der Waals surface area contributed by atoms with Gasteiger partial charge in [0.2, 0.25) is 5.91 Å². The summed E-state index contributed by atoms with van der Waals surface area (Å²) in [6.45, 7) is 2.79. The van der Waals surface area contributed by atoms with Crippen LogP contribution in [0.25, 0.3) is 0 Å². The van der Waals surface area contributed by atoms with Gasteiger partial charge in [0.15, 0.2) is 0 Å². The molecule has 0 aliphatic carbocycles. The molecule has 1 saturated heterocycles. The van der Waals surface area contributed by atoms with Crippen molar-refractivity contribution in [3.63, 3.8) is 0 Å². The third-order valence-electron chi connectivity index (χ3n) is 2.92. The van der Waals surface area contributed by atoms with Crippen molar-refractivity contribution in [2.24, 2.45) is 13.0 Å². The quantitative estimate of drug-likeness (QED) is 0.765. The van der Waals surface area contributed by atoms with Crippen molar-refractivity contribution in [3.8, 4) is 0 Å². The number of carbonyl (C=O) groups is 1. The number of aryl methyl sites for hydroxylation is 1. The molecule has 0 radical (unpaired) electrons. The zero-order valence-corrected chi connectivity index (χ0v) is 10.5. The van der Waals surface area contributed by atoms with Gasteiger partial charge >= 0.3 is 0 Å². The first-order chi connectivity index (χ1) is 7.13. The smallest absolute Gasteiger partial charge is 0.227 e. The van der Waals surface area contributed by atoms with E-state index >= 15 is 0 Å². The minimum atomic E-state index is 0.204. The van der Waals surface area contributed by atoms with Crippen molar-refractivity contribution < 1.29 is 4.79 Å². The Morgan fingerprint density at radius 3 is 2.87 bits per heavy atom. The van der Waals surface area contributed by atoms with Crippen molar-refractivity contribution in [3.05, 3.63) is 11.9 Å². The third kappa shape index (κ3) is 1.80. The Kier molecular flexibility index (Phi) is 2.82. The first-order valence-electron chi connectivity index (χ1n) is 4.98. The van der Waals surface area contributed by atoms with E-state index in [2.05, 4.69) is 21.0 Å². The lowest BCUT2D eigenvalue weighted by Crippen LogP contribution is -2.25. The van der Waals surface area contributed by atoms with Gasteiger partial charge in [-0.05, 0) is 12.8 Å². The maximum Gasteiger partial charge on any atom is 0.227 e. The van der Waals surface area contributed by atoms with Crippen LogP contribution in [0.4, 0.5) is 5.69 Å². The second-order valence-corrected chi connectivity index (χ2v) is 4.62. The Morgan fingerprint density at radius 2 is 2.40 bits per heavy atom. The molecule has 0 N–H and O–H groups in total. The topological polar surface area (TPSA) is 38.1 Å². The zero-order chi connectivity index (χ0) is 11.0. The van der Waals surface area contributed by atoms with Crippen molar-refractivity contribution >= 4 is 27.5 Å². The number of anilines is 1. The number of nitrogens with zero attached hydrogens (tertiary/aromatic N) is 3. The van der Waals surface area contributed by atoms with Crippen molar-refractivity contribution in [1.82, 2.24) is 9.78 Å². The number of rotatable bonds is 2. The predicted octanol–water partition coefficient (Wildman–Crippen LogP) is 1.48. The molecule has 5 heteroatoms. The maximum absolute atomic E-state index is 11.8. The summed E-state index contributed by atoms with van der Waals surface area (Å²) in [5.74, 6) is 0.632. The Morgan fingerprint density at radius 1 is 1.67 bits per heavy atom. The van der Waals surface area contributed by atoms with Crippen LogP contribution in [0.2, 0.25) is 0 Å². The fourth-order valence-electron chi connectivity index (χ4n) is 1.87. The molecular formula is C10H14BrN3O. The lowest BCUT2D eigenvalue weighted by molar-refractivity contribution is -0.117. The molecular weight excluding hydrogens is 258 g/mol. The average Bonchev–Trinajstić information content (AvgIpc) is 2.73. The van der Waals surface area contributed by atoms with Gasteiger partial charge in [-0.25, -0.2) is 0 Å². The SMILES string of the molecule is Cc1c(N2CC(CBr)CC2=O)cnn1C. The largest absolute Gasteiger partial charge is 0.309 e. The summed E-state index contributed by atoms with van der Waals surface area (Å²) >= 11 is 3.43. The third-order valence-corrected chi connectivity index (χ3v) is 3.84. The highest BCUT2D eigenvalue weighted by atomic mass is 79.9. The van der Waals surface area contributed by atoms with Crippen LogP contribution < -0.4 is 4.90 Å². The Balaban J connectivity index is 2.25. The van der Waals surface area contributed by atoms with E-state index in [0.717, 1.165) is 23.3 Å². The first-order valence-corrected chi connectivity index (χ1v) is 6.10. The fourth-order valence-corrected chi connectivity index (χ4v) is 2.30. The van der Waals surface area contributed by atoms with E-state index < -0.39 is 0 Å². The van der Waals surface area contributed by atoms with Gasteiger partial charge in [0.1, 0.15) is 0 Å². The molecule has 1 fully saturated rings. The normalized spacial score (nSPS) is 21.4. The van der Waals surface area contributed by atoms with Crippen molar-refractivity contribution in [2.45, 2.75) is 13.3 Å². The second-order valence-electron chi connectivity index (χ2n) is 3.97. The standard InChI is InChI=1S/C10H14BrN3O/c1-7-9(5-12-13(7)2)14-6-8(4-11)3-10(14)15/h5,8H,3-4,6H2,1-2H3. The van der Waals surface area contributed by atoms with E-state index in [-0.39, 0.29) is 5.91 Å². The summed E-state index contributed by atoms with van der Waals surface area (Å²) in [5, 5.41) is 5.04. The molecule has 1 amide bonds. The van der Waals surface area contributed by atoms with E-state index in [1.807, 2.05) is 18.9 Å². The number of hydrogen-bond acceptors (Lipinski definition) is 2. The van der Waals surface area contributed by atoms with Crippen LogP contribution in [0.5, 0.6) is 0 Å². The number of amides is 1. The number of carbonyl (C=O) groups excluding carboxylic acids is 1. The lowest BCUT2D eigenvalue weighted by Gasteiger charge is -2.15. The molecule has 0 aromatic carbocycles. The molecule has 2 rings (SSSR count). The van der Waals surface area contributed by atoms with Gasteiger partial charge < -0.3 is 4.90 Å². The maximum atomic E-state index is 11.8. The average molecular weight is 272 g/mol. The zero-order valence-electron chi connectivity index (χ0n) is 8.90. The molecule has 1 unspecified atom stereocenters. The number of alkyl halides is 1. The van der Waals surface area contributed by atoms with Gasteiger partial charge in [0.05, 0.1) is 17.6 Å². The Bertz CT molecular complexity index is 388. The van der Waals surface area contributed by atoms with Gasteiger partial charge in [-0.2, -0.15) is 5.10 Å². The van der Waals surface area contributed by atoms with Gasteiger partial charge in [-0.1, -0.05) is 15.9 Å². The molecule has 0 spiro atoms. The minimum absolute atomic E-state index is 0.204. The molecule has 4 nitrogen and oxygen atoms in total. The summed E-state index contributed by atoms with van der Waals surface area (Å²) in [7, 11) is 1.89. The molecule has 1 aromatic rings. The molecule has 1 aliphatic heterocycles. The van der Waals surface area contributed by atoms with Gasteiger partial charge in [-0.15, -0.1) is 0 Å². The highest BCUT2D eigenvalue weighted by Crippen LogP contribution is 2.27. The van der Waals surface area contributed by atoms with E-state index in [0.29, 0.717) is 12.3 Å². The van der Waals surface area contributed by atoms with Crippen LogP contribution in [0, 0.1) is 12.8 Å². The van der Waals surface area contributed by atoms with E-state index in [4.69, 9.17) is 0 Å². The van der Waals surface area contributed by atoms with E-state index in [1.54, 1.807) is 10.9 Å². The number of aromatic nitrogens is 2. The lowest BCUT2D eigenvalue weighted by atomic mass is 10.2. The van der Waals surface area contributed by atoms with Crippen LogP contribution >= 0.6 is 15.9 Å². The predicted molar refractivity (Wildman–Crippen MR) is 62.2 cm³/mol. The van der Waals surface area contributed by atoms with Crippen molar-refractivity contribution in [2.75, 3.05) is 16.8 Å². The first kappa shape index (κ1) is 10.7. The molecule has 1 aromatic heterocycles. The summed E-state index contributed by atoms with van der Waals surface area (Å²) in [6, 6.07) is 0. The molecule has 1 atom stereocenters. The summed E-state index contributed by atoms with van der Waals surface area (Å²) in [5.41, 5.74) is 1.99. The summed E-state index contributed by atoms with van der Waals surface area (Å²) in [6.07, 6.45) is 2.41. The number of halogens is 1. The van der Waals surface area contributed by atoms with E-state index in [1.165, 1.54) is 0 Å².